The molecule has 19 heavy (non-hydrogen) atoms. The zero-order chi connectivity index (χ0) is 13.7. The van der Waals surface area contributed by atoms with Crippen molar-refractivity contribution < 1.29 is 9.90 Å². The van der Waals surface area contributed by atoms with Gasteiger partial charge in [-0.1, -0.05) is 12.1 Å². The Morgan fingerprint density at radius 3 is 2.68 bits per heavy atom. The summed E-state index contributed by atoms with van der Waals surface area (Å²) in [5.74, 6) is -0.946. The number of rotatable bonds is 4. The van der Waals surface area contributed by atoms with Gasteiger partial charge in [0.2, 0.25) is 0 Å². The molecular formula is C14H11N3O2. The van der Waals surface area contributed by atoms with E-state index in [-0.39, 0.29) is 5.56 Å². The lowest BCUT2D eigenvalue weighted by molar-refractivity contribution is 0.0697. The number of carbonyl (C=O) groups is 1. The van der Waals surface area contributed by atoms with E-state index in [1.165, 1.54) is 0 Å². The predicted molar refractivity (Wildman–Crippen MR) is 69.7 cm³/mol. The molecule has 5 nitrogen and oxygen atoms in total. The lowest BCUT2D eigenvalue weighted by atomic mass is 10.1. The van der Waals surface area contributed by atoms with Crippen molar-refractivity contribution in [1.29, 1.82) is 5.26 Å². The van der Waals surface area contributed by atoms with E-state index in [0.717, 1.165) is 5.56 Å². The maximum absolute atomic E-state index is 10.7. The Bertz CT molecular complexity index is 630. The van der Waals surface area contributed by atoms with Crippen LogP contribution in [0, 0.1) is 11.3 Å². The summed E-state index contributed by atoms with van der Waals surface area (Å²) in [6.45, 7) is 0.500. The van der Waals surface area contributed by atoms with Crippen LogP contribution < -0.4 is 5.32 Å². The van der Waals surface area contributed by atoms with Crippen LogP contribution in [0.15, 0.2) is 42.6 Å². The molecule has 0 saturated carbocycles. The minimum atomic E-state index is -0.946. The van der Waals surface area contributed by atoms with Gasteiger partial charge in [0, 0.05) is 12.7 Å². The second-order valence-corrected chi connectivity index (χ2v) is 3.87. The van der Waals surface area contributed by atoms with Gasteiger partial charge in [-0.3, -0.25) is 0 Å². The van der Waals surface area contributed by atoms with Crippen molar-refractivity contribution in [1.82, 2.24) is 4.98 Å². The number of aromatic nitrogens is 1. The average molecular weight is 253 g/mol. The number of hydrogen-bond donors (Lipinski definition) is 2. The molecule has 0 spiro atoms. The van der Waals surface area contributed by atoms with Crippen LogP contribution >= 0.6 is 0 Å². The van der Waals surface area contributed by atoms with E-state index in [9.17, 15) is 4.79 Å². The van der Waals surface area contributed by atoms with Crippen molar-refractivity contribution in [2.45, 2.75) is 6.54 Å². The van der Waals surface area contributed by atoms with Crippen LogP contribution in [0.3, 0.4) is 0 Å². The first-order chi connectivity index (χ1) is 9.20. The first-order valence-electron chi connectivity index (χ1n) is 5.62. The van der Waals surface area contributed by atoms with Gasteiger partial charge in [-0.05, 0) is 29.8 Å². The highest BCUT2D eigenvalue weighted by molar-refractivity contribution is 5.87. The second-order valence-electron chi connectivity index (χ2n) is 3.87. The number of carboxylic acid groups (broad SMARTS) is 1. The zero-order valence-corrected chi connectivity index (χ0v) is 10.00. The fourth-order valence-electron chi connectivity index (χ4n) is 1.60. The van der Waals surface area contributed by atoms with Crippen LogP contribution in [0.2, 0.25) is 0 Å². The third-order valence-electron chi connectivity index (χ3n) is 2.60. The second kappa shape index (κ2) is 5.65. The lowest BCUT2D eigenvalue weighted by Crippen LogP contribution is -2.03. The Balaban J connectivity index is 2.06. The molecule has 0 amide bonds. The largest absolute Gasteiger partial charge is 0.478 e. The molecule has 0 aliphatic heterocycles. The van der Waals surface area contributed by atoms with Gasteiger partial charge in [-0.25, -0.2) is 9.78 Å². The minimum Gasteiger partial charge on any atom is -0.478 e. The minimum absolute atomic E-state index is 0.253. The highest BCUT2D eigenvalue weighted by Gasteiger charge is 2.03. The first-order valence-corrected chi connectivity index (χ1v) is 5.62. The summed E-state index contributed by atoms with van der Waals surface area (Å²) < 4.78 is 0. The van der Waals surface area contributed by atoms with Gasteiger partial charge >= 0.3 is 5.97 Å². The molecule has 0 aliphatic carbocycles. The molecule has 0 aliphatic rings. The molecule has 0 unspecified atom stereocenters. The molecule has 1 heterocycles. The van der Waals surface area contributed by atoms with Crippen LogP contribution in [-0.4, -0.2) is 16.1 Å². The number of nitrogens with one attached hydrogen (secondary N) is 1. The Morgan fingerprint density at radius 1 is 1.32 bits per heavy atom. The number of hydrogen-bond acceptors (Lipinski definition) is 4. The predicted octanol–water partition coefficient (Wildman–Crippen LogP) is 2.26. The number of pyridine rings is 1. The highest BCUT2D eigenvalue weighted by Crippen LogP contribution is 2.13. The van der Waals surface area contributed by atoms with E-state index in [1.807, 2.05) is 6.07 Å². The summed E-state index contributed by atoms with van der Waals surface area (Å²) in [4.78, 5) is 14.7. The lowest BCUT2D eigenvalue weighted by Gasteiger charge is -2.07. The first kappa shape index (κ1) is 12.6. The van der Waals surface area contributed by atoms with E-state index >= 15 is 0 Å². The maximum atomic E-state index is 10.7. The van der Waals surface area contributed by atoms with Gasteiger partial charge in [-0.15, -0.1) is 0 Å². The summed E-state index contributed by atoms with van der Waals surface area (Å²) in [7, 11) is 0. The SMILES string of the molecule is N#Cc1ncccc1NCc1ccc(C(=O)O)cc1. The molecule has 0 radical (unpaired) electrons. The van der Waals surface area contributed by atoms with Crippen molar-refractivity contribution in [3.05, 3.63) is 59.4 Å². The number of benzene rings is 1. The van der Waals surface area contributed by atoms with Crippen LogP contribution in [0.4, 0.5) is 5.69 Å². The summed E-state index contributed by atoms with van der Waals surface area (Å²) in [5.41, 5.74) is 2.18. The molecular weight excluding hydrogens is 242 g/mol. The molecule has 5 heteroatoms. The molecule has 2 N–H and O–H groups in total. The van der Waals surface area contributed by atoms with Crippen molar-refractivity contribution >= 4 is 11.7 Å². The normalized spacial score (nSPS) is 9.63. The van der Waals surface area contributed by atoms with Crippen LogP contribution in [0.5, 0.6) is 0 Å². The Labute approximate surface area is 110 Å². The number of nitriles is 1. The Kier molecular flexibility index (Phi) is 3.74. The van der Waals surface area contributed by atoms with Gasteiger partial charge in [0.25, 0.3) is 0 Å². The monoisotopic (exact) mass is 253 g/mol. The fourth-order valence-corrected chi connectivity index (χ4v) is 1.60. The molecule has 0 fully saturated rings. The third kappa shape index (κ3) is 3.07. The van der Waals surface area contributed by atoms with E-state index in [0.29, 0.717) is 17.9 Å². The summed E-state index contributed by atoms with van der Waals surface area (Å²) >= 11 is 0. The van der Waals surface area contributed by atoms with Crippen LogP contribution in [-0.2, 0) is 6.54 Å². The molecule has 94 valence electrons. The Hall–Kier alpha value is -2.87. The van der Waals surface area contributed by atoms with Gasteiger partial charge in [0.05, 0.1) is 11.3 Å². The Morgan fingerprint density at radius 2 is 2.05 bits per heavy atom. The topological polar surface area (TPSA) is 86.0 Å². The van der Waals surface area contributed by atoms with E-state index in [1.54, 1.807) is 42.6 Å². The third-order valence-corrected chi connectivity index (χ3v) is 2.60. The van der Waals surface area contributed by atoms with Crippen molar-refractivity contribution in [3.8, 4) is 6.07 Å². The quantitative estimate of drug-likeness (QED) is 0.872. The van der Waals surface area contributed by atoms with Gasteiger partial charge in [0.1, 0.15) is 6.07 Å². The molecule has 1 aromatic heterocycles. The van der Waals surface area contributed by atoms with E-state index in [2.05, 4.69) is 10.3 Å². The standard InChI is InChI=1S/C14H11N3O2/c15-8-13-12(2-1-7-16-13)17-9-10-3-5-11(6-4-10)14(18)19/h1-7,17H,9H2,(H,18,19). The van der Waals surface area contributed by atoms with E-state index < -0.39 is 5.97 Å². The van der Waals surface area contributed by atoms with Crippen molar-refractivity contribution in [2.24, 2.45) is 0 Å². The van der Waals surface area contributed by atoms with Gasteiger partial charge in [-0.2, -0.15) is 5.26 Å². The highest BCUT2D eigenvalue weighted by atomic mass is 16.4. The fraction of sp³-hybridized carbons (Fsp3) is 0.0714. The summed E-state index contributed by atoms with van der Waals surface area (Å²) in [6, 6.07) is 12.1. The molecule has 0 saturated heterocycles. The number of nitrogens with zero attached hydrogens (tertiary/aromatic N) is 2. The van der Waals surface area contributed by atoms with Crippen LogP contribution in [0.1, 0.15) is 21.6 Å². The smallest absolute Gasteiger partial charge is 0.335 e. The van der Waals surface area contributed by atoms with Crippen molar-refractivity contribution in [3.63, 3.8) is 0 Å². The number of anilines is 1. The number of aromatic carboxylic acids is 1. The molecule has 2 aromatic rings. The van der Waals surface area contributed by atoms with Crippen molar-refractivity contribution in [2.75, 3.05) is 5.32 Å². The zero-order valence-electron chi connectivity index (χ0n) is 10.00. The van der Waals surface area contributed by atoms with Crippen LogP contribution in [0.25, 0.3) is 0 Å². The van der Waals surface area contributed by atoms with Gasteiger partial charge < -0.3 is 10.4 Å². The average Bonchev–Trinajstić information content (AvgIpc) is 2.45. The molecule has 0 bridgehead atoms. The summed E-state index contributed by atoms with van der Waals surface area (Å²) in [5, 5.41) is 20.8. The molecule has 2 rings (SSSR count). The number of carboxylic acids is 1. The van der Waals surface area contributed by atoms with Gasteiger partial charge in [0.15, 0.2) is 5.69 Å². The molecule has 0 atom stereocenters. The molecule has 1 aromatic carbocycles. The maximum Gasteiger partial charge on any atom is 0.335 e. The van der Waals surface area contributed by atoms with E-state index in [4.69, 9.17) is 10.4 Å². The summed E-state index contributed by atoms with van der Waals surface area (Å²) in [6.07, 6.45) is 1.56.